The van der Waals surface area contributed by atoms with E-state index in [0.717, 1.165) is 24.1 Å². The summed E-state index contributed by atoms with van der Waals surface area (Å²) in [6, 6.07) is 7.70. The van der Waals surface area contributed by atoms with E-state index in [4.69, 9.17) is 4.74 Å². The van der Waals surface area contributed by atoms with Gasteiger partial charge in [-0.05, 0) is 45.2 Å². The van der Waals surface area contributed by atoms with E-state index in [0.29, 0.717) is 19.6 Å². The fourth-order valence-electron chi connectivity index (χ4n) is 3.75. The van der Waals surface area contributed by atoms with Crippen LogP contribution >= 0.6 is 0 Å². The molecule has 1 saturated heterocycles. The van der Waals surface area contributed by atoms with Crippen LogP contribution < -0.4 is 4.31 Å². The standard InChI is InChI=1S/C18H26N2O4S/c1-17(2,3)24-16(21)19-11-9-18(10-12-19)13-20(25(4,22)23)15-8-6-5-7-14(15)18/h5-8H,9-13H2,1-4H3. The van der Waals surface area contributed by atoms with Gasteiger partial charge in [-0.2, -0.15) is 0 Å². The average molecular weight is 366 g/mol. The molecule has 1 spiro atoms. The van der Waals surface area contributed by atoms with Gasteiger partial charge in [-0.15, -0.1) is 0 Å². The van der Waals surface area contributed by atoms with E-state index >= 15 is 0 Å². The minimum absolute atomic E-state index is 0.224. The van der Waals surface area contributed by atoms with Crippen molar-refractivity contribution in [2.45, 2.75) is 44.6 Å². The summed E-state index contributed by atoms with van der Waals surface area (Å²) < 4.78 is 31.3. The monoisotopic (exact) mass is 366 g/mol. The highest BCUT2D eigenvalue weighted by Gasteiger charge is 2.47. The van der Waals surface area contributed by atoms with Crippen molar-refractivity contribution >= 4 is 21.8 Å². The summed E-state index contributed by atoms with van der Waals surface area (Å²) >= 11 is 0. The summed E-state index contributed by atoms with van der Waals surface area (Å²) in [4.78, 5) is 14.0. The normalized spacial score (nSPS) is 19.8. The molecule has 138 valence electrons. The second kappa shape index (κ2) is 5.90. The lowest BCUT2D eigenvalue weighted by Gasteiger charge is -2.40. The van der Waals surface area contributed by atoms with E-state index in [2.05, 4.69) is 0 Å². The van der Waals surface area contributed by atoms with Gasteiger partial charge in [0.05, 0.1) is 11.9 Å². The lowest BCUT2D eigenvalue weighted by molar-refractivity contribution is 0.0171. The third-order valence-corrected chi connectivity index (χ3v) is 6.09. The van der Waals surface area contributed by atoms with Crippen LogP contribution in [0.15, 0.2) is 24.3 Å². The summed E-state index contributed by atoms with van der Waals surface area (Å²) in [5, 5.41) is 0. The Morgan fingerprint density at radius 3 is 2.32 bits per heavy atom. The van der Waals surface area contributed by atoms with Crippen molar-refractivity contribution in [1.29, 1.82) is 0 Å². The largest absolute Gasteiger partial charge is 0.444 e. The molecule has 0 aromatic heterocycles. The first kappa shape index (κ1) is 18.0. The minimum atomic E-state index is -3.32. The number of ether oxygens (including phenoxy) is 1. The third-order valence-electron chi connectivity index (χ3n) is 4.96. The highest BCUT2D eigenvalue weighted by atomic mass is 32.2. The van der Waals surface area contributed by atoms with Crippen LogP contribution in [0.2, 0.25) is 0 Å². The van der Waals surface area contributed by atoms with E-state index in [-0.39, 0.29) is 11.5 Å². The number of para-hydroxylation sites is 1. The van der Waals surface area contributed by atoms with Gasteiger partial charge in [0, 0.05) is 25.0 Å². The second-order valence-corrected chi connectivity index (χ2v) is 9.94. The molecule has 1 aromatic carbocycles. The average Bonchev–Trinajstić information content (AvgIpc) is 2.82. The Hall–Kier alpha value is -1.76. The Labute approximate surface area is 149 Å². The van der Waals surface area contributed by atoms with Crippen LogP contribution in [0.25, 0.3) is 0 Å². The van der Waals surface area contributed by atoms with Crippen molar-refractivity contribution in [1.82, 2.24) is 4.90 Å². The first-order valence-electron chi connectivity index (χ1n) is 8.57. The molecule has 2 heterocycles. The number of anilines is 1. The fraction of sp³-hybridized carbons (Fsp3) is 0.611. The van der Waals surface area contributed by atoms with Crippen molar-refractivity contribution in [2.75, 3.05) is 30.2 Å². The summed E-state index contributed by atoms with van der Waals surface area (Å²) in [5.41, 5.74) is 1.11. The molecule has 0 bridgehead atoms. The van der Waals surface area contributed by atoms with Crippen molar-refractivity contribution in [3.05, 3.63) is 29.8 Å². The molecule has 0 aliphatic carbocycles. The van der Waals surface area contributed by atoms with Gasteiger partial charge in [-0.1, -0.05) is 18.2 Å². The number of rotatable bonds is 1. The number of piperidine rings is 1. The predicted octanol–water partition coefficient (Wildman–Crippen LogP) is 2.73. The Morgan fingerprint density at radius 2 is 1.76 bits per heavy atom. The van der Waals surface area contributed by atoms with Gasteiger partial charge < -0.3 is 9.64 Å². The number of amides is 1. The van der Waals surface area contributed by atoms with Gasteiger partial charge in [0.15, 0.2) is 0 Å². The molecular weight excluding hydrogens is 340 g/mol. The Balaban J connectivity index is 1.81. The lowest BCUT2D eigenvalue weighted by atomic mass is 9.74. The summed E-state index contributed by atoms with van der Waals surface area (Å²) in [7, 11) is -3.32. The fourth-order valence-corrected chi connectivity index (χ4v) is 4.75. The molecule has 1 fully saturated rings. The molecule has 6 nitrogen and oxygen atoms in total. The van der Waals surface area contributed by atoms with Crippen LogP contribution in [-0.4, -0.2) is 50.9 Å². The van der Waals surface area contributed by atoms with Crippen LogP contribution in [0, 0.1) is 0 Å². The number of carbonyl (C=O) groups excluding carboxylic acids is 1. The number of carbonyl (C=O) groups is 1. The zero-order valence-corrected chi connectivity index (χ0v) is 16.1. The zero-order chi connectivity index (χ0) is 18.5. The zero-order valence-electron chi connectivity index (χ0n) is 15.3. The number of benzene rings is 1. The minimum Gasteiger partial charge on any atom is -0.444 e. The molecule has 1 aromatic rings. The molecule has 0 atom stereocenters. The maximum Gasteiger partial charge on any atom is 0.410 e. The van der Waals surface area contributed by atoms with Crippen molar-refractivity contribution in [3.63, 3.8) is 0 Å². The van der Waals surface area contributed by atoms with Crippen LogP contribution in [-0.2, 0) is 20.2 Å². The third kappa shape index (κ3) is 3.47. The second-order valence-electron chi connectivity index (χ2n) is 8.03. The molecule has 25 heavy (non-hydrogen) atoms. The number of nitrogens with zero attached hydrogens (tertiary/aromatic N) is 2. The summed E-state index contributed by atoms with van der Waals surface area (Å²) in [6.07, 6.45) is 2.41. The van der Waals surface area contributed by atoms with E-state index in [1.165, 1.54) is 10.6 Å². The molecule has 0 saturated carbocycles. The maximum atomic E-state index is 12.3. The van der Waals surface area contributed by atoms with Crippen LogP contribution in [0.1, 0.15) is 39.2 Å². The molecule has 0 N–H and O–H groups in total. The number of fused-ring (bicyclic) bond motifs is 2. The van der Waals surface area contributed by atoms with E-state index in [9.17, 15) is 13.2 Å². The first-order chi connectivity index (χ1) is 11.5. The topological polar surface area (TPSA) is 66.9 Å². The molecule has 3 rings (SSSR count). The maximum absolute atomic E-state index is 12.3. The quantitative estimate of drug-likeness (QED) is 0.766. The lowest BCUT2D eigenvalue weighted by Crippen LogP contribution is -2.48. The van der Waals surface area contributed by atoms with E-state index in [1.54, 1.807) is 4.90 Å². The van der Waals surface area contributed by atoms with Crippen molar-refractivity contribution in [3.8, 4) is 0 Å². The number of sulfonamides is 1. The Bertz CT molecular complexity index is 775. The smallest absolute Gasteiger partial charge is 0.410 e. The van der Waals surface area contributed by atoms with Gasteiger partial charge in [-0.3, -0.25) is 4.31 Å². The van der Waals surface area contributed by atoms with Gasteiger partial charge >= 0.3 is 6.09 Å². The van der Waals surface area contributed by atoms with Gasteiger partial charge in [0.1, 0.15) is 5.60 Å². The van der Waals surface area contributed by atoms with Crippen molar-refractivity contribution < 1.29 is 17.9 Å². The van der Waals surface area contributed by atoms with E-state index < -0.39 is 15.6 Å². The van der Waals surface area contributed by atoms with Gasteiger partial charge in [0.2, 0.25) is 10.0 Å². The van der Waals surface area contributed by atoms with E-state index in [1.807, 2.05) is 45.0 Å². The molecule has 0 unspecified atom stereocenters. The van der Waals surface area contributed by atoms with Gasteiger partial charge in [-0.25, -0.2) is 13.2 Å². The highest BCUT2D eigenvalue weighted by Crippen LogP contribution is 2.47. The highest BCUT2D eigenvalue weighted by molar-refractivity contribution is 7.92. The summed E-state index contributed by atoms with van der Waals surface area (Å²) in [5.74, 6) is 0. The van der Waals surface area contributed by atoms with Crippen LogP contribution in [0.4, 0.5) is 10.5 Å². The first-order valence-corrected chi connectivity index (χ1v) is 10.4. The number of likely N-dealkylation sites (tertiary alicyclic amines) is 1. The van der Waals surface area contributed by atoms with Crippen molar-refractivity contribution in [2.24, 2.45) is 0 Å². The number of hydrogen-bond donors (Lipinski definition) is 0. The number of hydrogen-bond acceptors (Lipinski definition) is 4. The van der Waals surface area contributed by atoms with Gasteiger partial charge in [0.25, 0.3) is 0 Å². The Kier molecular flexibility index (Phi) is 4.26. The van der Waals surface area contributed by atoms with Crippen LogP contribution in [0.3, 0.4) is 0 Å². The van der Waals surface area contributed by atoms with Crippen LogP contribution in [0.5, 0.6) is 0 Å². The molecule has 7 heteroatoms. The summed E-state index contributed by atoms with van der Waals surface area (Å²) in [6.45, 7) is 7.16. The molecule has 0 radical (unpaired) electrons. The molecule has 2 aliphatic heterocycles. The predicted molar refractivity (Wildman–Crippen MR) is 97.4 cm³/mol. The molecule has 2 aliphatic rings. The Morgan fingerprint density at radius 1 is 1.16 bits per heavy atom. The molecule has 1 amide bonds. The molecular formula is C18H26N2O4S. The SMILES string of the molecule is CC(C)(C)OC(=O)N1CCC2(CC1)CN(S(C)(=O)=O)c1ccccc12.